The Balaban J connectivity index is 2.84. The maximum atomic E-state index is 8.85. The molecule has 0 saturated carbocycles. The van der Waals surface area contributed by atoms with E-state index in [2.05, 4.69) is 24.1 Å². The van der Waals surface area contributed by atoms with Crippen LogP contribution in [0.5, 0.6) is 0 Å². The minimum absolute atomic E-state index is 0.365. The number of nitrogens with zero attached hydrogens (tertiary/aromatic N) is 2. The molecule has 1 unspecified atom stereocenters. The van der Waals surface area contributed by atoms with Gasteiger partial charge in [0.1, 0.15) is 16.9 Å². The lowest BCUT2D eigenvalue weighted by atomic mass is 10.1. The number of aromatic nitrogens is 1. The van der Waals surface area contributed by atoms with Crippen molar-refractivity contribution >= 4 is 17.4 Å². The molecule has 0 bridgehead atoms. The average Bonchev–Trinajstić information content (AvgIpc) is 2.31. The second-order valence-corrected chi connectivity index (χ2v) is 4.05. The van der Waals surface area contributed by atoms with Gasteiger partial charge in [0.25, 0.3) is 0 Å². The Morgan fingerprint density at radius 2 is 2.31 bits per heavy atom. The Kier molecular flexibility index (Phi) is 5.07. The number of hydrogen-bond donors (Lipinski definition) is 1. The topological polar surface area (TPSA) is 48.7 Å². The molecule has 0 saturated heterocycles. The smallest absolute Gasteiger partial charge is 0.146 e. The number of nitrogens with one attached hydrogen (secondary N) is 1. The van der Waals surface area contributed by atoms with Gasteiger partial charge in [-0.1, -0.05) is 31.9 Å². The zero-order chi connectivity index (χ0) is 12.0. The quantitative estimate of drug-likeness (QED) is 0.851. The van der Waals surface area contributed by atoms with E-state index in [0.29, 0.717) is 22.4 Å². The molecule has 3 nitrogen and oxygen atoms in total. The summed E-state index contributed by atoms with van der Waals surface area (Å²) in [6, 6.07) is 4.03. The minimum atomic E-state index is 0.365. The Hall–Kier alpha value is -1.27. The predicted molar refractivity (Wildman–Crippen MR) is 66.6 cm³/mol. The van der Waals surface area contributed by atoms with Gasteiger partial charge in [-0.3, -0.25) is 0 Å². The van der Waals surface area contributed by atoms with Crippen LogP contribution in [0.1, 0.15) is 38.7 Å². The van der Waals surface area contributed by atoms with Crippen molar-refractivity contribution in [2.75, 3.05) is 5.32 Å². The summed E-state index contributed by atoms with van der Waals surface area (Å²) in [5.41, 5.74) is 0.463. The number of halogens is 1. The summed E-state index contributed by atoms with van der Waals surface area (Å²) in [4.78, 5) is 4.16. The van der Waals surface area contributed by atoms with Gasteiger partial charge in [0.15, 0.2) is 0 Å². The van der Waals surface area contributed by atoms with Crippen molar-refractivity contribution in [1.29, 1.82) is 5.26 Å². The van der Waals surface area contributed by atoms with Crippen molar-refractivity contribution in [3.63, 3.8) is 0 Å². The molecule has 1 aromatic heterocycles. The molecule has 1 N–H and O–H groups in total. The number of anilines is 1. The molecule has 16 heavy (non-hydrogen) atoms. The molecule has 86 valence electrons. The summed E-state index contributed by atoms with van der Waals surface area (Å²) in [5.74, 6) is 0.612. The number of pyridine rings is 1. The molecule has 0 spiro atoms. The molecule has 1 atom stereocenters. The van der Waals surface area contributed by atoms with Gasteiger partial charge in [0, 0.05) is 12.2 Å². The monoisotopic (exact) mass is 237 g/mol. The van der Waals surface area contributed by atoms with Crippen molar-refractivity contribution in [3.8, 4) is 6.07 Å². The van der Waals surface area contributed by atoms with Crippen LogP contribution in [0.4, 0.5) is 5.82 Å². The molecule has 1 aromatic rings. The summed E-state index contributed by atoms with van der Waals surface area (Å²) >= 11 is 6.06. The van der Waals surface area contributed by atoms with E-state index in [4.69, 9.17) is 16.9 Å². The first-order valence-electron chi connectivity index (χ1n) is 5.54. The summed E-state index contributed by atoms with van der Waals surface area (Å²) in [5, 5.41) is 12.5. The number of hydrogen-bond acceptors (Lipinski definition) is 3. The molecule has 0 aromatic carbocycles. The lowest BCUT2D eigenvalue weighted by Gasteiger charge is -2.17. The highest BCUT2D eigenvalue weighted by molar-refractivity contribution is 6.34. The van der Waals surface area contributed by atoms with E-state index < -0.39 is 0 Å². The molecule has 1 rings (SSSR count). The Bertz CT molecular complexity index is 384. The molecule has 0 aliphatic rings. The fraction of sp³-hybridized carbons (Fsp3) is 0.500. The van der Waals surface area contributed by atoms with Crippen LogP contribution in [0.15, 0.2) is 12.3 Å². The highest BCUT2D eigenvalue weighted by Gasteiger charge is 2.11. The van der Waals surface area contributed by atoms with Crippen molar-refractivity contribution in [3.05, 3.63) is 22.8 Å². The van der Waals surface area contributed by atoms with E-state index in [1.54, 1.807) is 12.3 Å². The van der Waals surface area contributed by atoms with Crippen LogP contribution in [-0.2, 0) is 0 Å². The van der Waals surface area contributed by atoms with Crippen LogP contribution in [0.2, 0.25) is 5.02 Å². The summed E-state index contributed by atoms with van der Waals surface area (Å²) in [6.45, 7) is 4.26. The van der Waals surface area contributed by atoms with Gasteiger partial charge in [0.05, 0.1) is 5.56 Å². The highest BCUT2D eigenvalue weighted by atomic mass is 35.5. The van der Waals surface area contributed by atoms with Gasteiger partial charge < -0.3 is 5.32 Å². The van der Waals surface area contributed by atoms with Gasteiger partial charge in [-0.25, -0.2) is 4.98 Å². The zero-order valence-electron chi connectivity index (χ0n) is 9.63. The number of rotatable bonds is 5. The van der Waals surface area contributed by atoms with Crippen molar-refractivity contribution < 1.29 is 0 Å². The third-order valence-electron chi connectivity index (χ3n) is 2.48. The van der Waals surface area contributed by atoms with Crippen LogP contribution in [-0.4, -0.2) is 11.0 Å². The fourth-order valence-corrected chi connectivity index (χ4v) is 1.76. The van der Waals surface area contributed by atoms with E-state index >= 15 is 0 Å². The van der Waals surface area contributed by atoms with E-state index in [9.17, 15) is 0 Å². The molecule has 0 aliphatic carbocycles. The van der Waals surface area contributed by atoms with Crippen molar-refractivity contribution in [2.24, 2.45) is 0 Å². The fourth-order valence-electron chi connectivity index (χ4n) is 1.55. The maximum absolute atomic E-state index is 8.85. The Morgan fingerprint density at radius 3 is 2.88 bits per heavy atom. The van der Waals surface area contributed by atoms with Gasteiger partial charge >= 0.3 is 0 Å². The predicted octanol–water partition coefficient (Wildman–Crippen LogP) is 3.60. The molecule has 0 fully saturated rings. The van der Waals surface area contributed by atoms with Gasteiger partial charge in [0.2, 0.25) is 0 Å². The Morgan fingerprint density at radius 1 is 1.56 bits per heavy atom. The molecular weight excluding hydrogens is 222 g/mol. The SMILES string of the molecule is CCCC(CC)Nc1nccc(C#N)c1Cl. The zero-order valence-corrected chi connectivity index (χ0v) is 10.4. The lowest BCUT2D eigenvalue weighted by Crippen LogP contribution is -2.19. The second kappa shape index (κ2) is 6.34. The normalized spacial score (nSPS) is 11.9. The average molecular weight is 238 g/mol. The highest BCUT2D eigenvalue weighted by Crippen LogP contribution is 2.24. The van der Waals surface area contributed by atoms with Gasteiger partial charge in [-0.05, 0) is 18.9 Å². The van der Waals surface area contributed by atoms with Gasteiger partial charge in [-0.15, -0.1) is 0 Å². The molecule has 0 aliphatic heterocycles. The molecule has 0 amide bonds. The van der Waals surface area contributed by atoms with Crippen LogP contribution >= 0.6 is 11.6 Å². The summed E-state index contributed by atoms with van der Waals surface area (Å²) in [6.07, 6.45) is 4.81. The van der Waals surface area contributed by atoms with E-state index in [1.165, 1.54) is 0 Å². The first-order valence-corrected chi connectivity index (χ1v) is 5.91. The van der Waals surface area contributed by atoms with E-state index in [-0.39, 0.29) is 0 Å². The van der Waals surface area contributed by atoms with Crippen LogP contribution in [0, 0.1) is 11.3 Å². The van der Waals surface area contributed by atoms with Gasteiger partial charge in [-0.2, -0.15) is 5.26 Å². The third-order valence-corrected chi connectivity index (χ3v) is 2.86. The Labute approximate surface area is 101 Å². The number of nitriles is 1. The van der Waals surface area contributed by atoms with Crippen molar-refractivity contribution in [2.45, 2.75) is 39.2 Å². The largest absolute Gasteiger partial charge is 0.366 e. The minimum Gasteiger partial charge on any atom is -0.366 e. The van der Waals surface area contributed by atoms with Crippen LogP contribution in [0.25, 0.3) is 0 Å². The van der Waals surface area contributed by atoms with Crippen LogP contribution < -0.4 is 5.32 Å². The lowest BCUT2D eigenvalue weighted by molar-refractivity contribution is 0.620. The van der Waals surface area contributed by atoms with E-state index in [1.807, 2.05) is 6.07 Å². The third kappa shape index (κ3) is 3.11. The van der Waals surface area contributed by atoms with Crippen LogP contribution in [0.3, 0.4) is 0 Å². The molecular formula is C12H16ClN3. The summed E-state index contributed by atoms with van der Waals surface area (Å²) in [7, 11) is 0. The first-order chi connectivity index (χ1) is 7.72. The summed E-state index contributed by atoms with van der Waals surface area (Å²) < 4.78 is 0. The first kappa shape index (κ1) is 12.8. The molecule has 4 heteroatoms. The maximum Gasteiger partial charge on any atom is 0.146 e. The van der Waals surface area contributed by atoms with E-state index in [0.717, 1.165) is 19.3 Å². The van der Waals surface area contributed by atoms with Crippen molar-refractivity contribution in [1.82, 2.24) is 4.98 Å². The second-order valence-electron chi connectivity index (χ2n) is 3.67. The standard InChI is InChI=1S/C12H16ClN3/c1-3-5-10(4-2)16-12-11(13)9(8-14)6-7-15-12/h6-7,10H,3-5H2,1-2H3,(H,15,16). The molecule has 0 radical (unpaired) electrons. The molecule has 1 heterocycles.